The van der Waals surface area contributed by atoms with Crippen molar-refractivity contribution in [3.63, 3.8) is 0 Å². The number of rotatable bonds is 4. The Balaban J connectivity index is 1.91. The molecule has 0 saturated carbocycles. The van der Waals surface area contributed by atoms with Crippen LogP contribution >= 0.6 is 0 Å². The Hall–Kier alpha value is -2.46. The van der Waals surface area contributed by atoms with E-state index in [2.05, 4.69) is 0 Å². The van der Waals surface area contributed by atoms with Gasteiger partial charge in [0, 0.05) is 36.7 Å². The summed E-state index contributed by atoms with van der Waals surface area (Å²) in [6, 6.07) is 12.6. The number of ketones is 1. The molecule has 1 aliphatic rings. The fourth-order valence-corrected chi connectivity index (χ4v) is 3.24. The van der Waals surface area contributed by atoms with Gasteiger partial charge in [0.25, 0.3) is 5.91 Å². The Morgan fingerprint density at radius 3 is 2.44 bits per heavy atom. The topological polar surface area (TPSA) is 57.6 Å². The molecule has 4 nitrogen and oxygen atoms in total. The molecule has 1 heterocycles. The quantitative estimate of drug-likeness (QED) is 0.873. The normalized spacial score (nSPS) is 16.9. The Labute approximate surface area is 148 Å². The van der Waals surface area contributed by atoms with Crippen LogP contribution in [0, 0.1) is 19.8 Å². The van der Waals surface area contributed by atoms with Crippen LogP contribution in [0.1, 0.15) is 43.8 Å². The molecule has 1 atom stereocenters. The molecule has 130 valence electrons. The molecule has 4 heteroatoms. The summed E-state index contributed by atoms with van der Waals surface area (Å²) in [7, 11) is 0. The van der Waals surface area contributed by atoms with Crippen LogP contribution < -0.4 is 0 Å². The van der Waals surface area contributed by atoms with Crippen molar-refractivity contribution in [2.45, 2.75) is 20.3 Å². The van der Waals surface area contributed by atoms with Crippen LogP contribution in [0.15, 0.2) is 42.5 Å². The number of carbonyl (C=O) groups is 2. The van der Waals surface area contributed by atoms with Gasteiger partial charge in [0.2, 0.25) is 0 Å². The van der Waals surface area contributed by atoms with Gasteiger partial charge in [0.15, 0.2) is 5.78 Å². The van der Waals surface area contributed by atoms with Gasteiger partial charge in [-0.3, -0.25) is 9.59 Å². The highest BCUT2D eigenvalue weighted by atomic mass is 16.3. The lowest BCUT2D eigenvalue weighted by Gasteiger charge is -2.18. The molecule has 1 aliphatic heterocycles. The molecule has 0 spiro atoms. The average Bonchev–Trinajstić information content (AvgIpc) is 3.12. The van der Waals surface area contributed by atoms with Crippen molar-refractivity contribution in [1.82, 2.24) is 4.90 Å². The maximum atomic E-state index is 13.0. The van der Waals surface area contributed by atoms with Gasteiger partial charge in [-0.05, 0) is 43.5 Å². The lowest BCUT2D eigenvalue weighted by atomic mass is 9.95. The van der Waals surface area contributed by atoms with Gasteiger partial charge in [-0.2, -0.15) is 0 Å². The summed E-state index contributed by atoms with van der Waals surface area (Å²) in [6.45, 7) is 5.24. The highest BCUT2D eigenvalue weighted by Gasteiger charge is 2.28. The van der Waals surface area contributed by atoms with Gasteiger partial charge >= 0.3 is 0 Å². The third kappa shape index (κ3) is 3.49. The van der Waals surface area contributed by atoms with Gasteiger partial charge in [-0.25, -0.2) is 0 Å². The lowest BCUT2D eigenvalue weighted by molar-refractivity contribution is 0.0777. The second kappa shape index (κ2) is 7.19. The molecule has 0 aliphatic carbocycles. The van der Waals surface area contributed by atoms with Gasteiger partial charge in [0.05, 0.1) is 5.56 Å². The summed E-state index contributed by atoms with van der Waals surface area (Å²) in [5, 5.41) is 9.28. The largest absolute Gasteiger partial charge is 0.396 e. The molecule has 0 bridgehead atoms. The number of aliphatic hydroxyl groups excluding tert-OH is 1. The third-order valence-corrected chi connectivity index (χ3v) is 5.00. The molecule has 1 amide bonds. The monoisotopic (exact) mass is 337 g/mol. The molecule has 0 radical (unpaired) electrons. The van der Waals surface area contributed by atoms with Crippen molar-refractivity contribution >= 4 is 11.7 Å². The minimum Gasteiger partial charge on any atom is -0.396 e. The first-order valence-corrected chi connectivity index (χ1v) is 8.62. The van der Waals surface area contributed by atoms with E-state index in [1.54, 1.807) is 29.2 Å². The standard InChI is InChI=1S/C21H23NO3/c1-14-7-8-17(11-15(14)2)20(24)18-5-3-4-6-19(18)21(25)22-10-9-16(12-22)13-23/h3-8,11,16,23H,9-10,12-13H2,1-2H3. The van der Waals surface area contributed by atoms with Crippen molar-refractivity contribution in [2.24, 2.45) is 5.92 Å². The summed E-state index contributed by atoms with van der Waals surface area (Å²) in [4.78, 5) is 27.6. The van der Waals surface area contributed by atoms with Crippen molar-refractivity contribution in [3.8, 4) is 0 Å². The maximum absolute atomic E-state index is 13.0. The van der Waals surface area contributed by atoms with Crippen LogP contribution in [0.25, 0.3) is 0 Å². The van der Waals surface area contributed by atoms with E-state index in [1.165, 1.54) is 0 Å². The maximum Gasteiger partial charge on any atom is 0.254 e. The Kier molecular flexibility index (Phi) is 5.00. The Morgan fingerprint density at radius 1 is 1.08 bits per heavy atom. The number of likely N-dealkylation sites (tertiary alicyclic amines) is 1. The zero-order chi connectivity index (χ0) is 18.0. The number of benzene rings is 2. The number of carbonyl (C=O) groups excluding carboxylic acids is 2. The lowest BCUT2D eigenvalue weighted by Crippen LogP contribution is -2.30. The van der Waals surface area contributed by atoms with Crippen LogP contribution in [-0.2, 0) is 0 Å². The Morgan fingerprint density at radius 2 is 1.80 bits per heavy atom. The minimum atomic E-state index is -0.135. The molecular formula is C21H23NO3. The number of aryl methyl sites for hydroxylation is 2. The number of hydrogen-bond acceptors (Lipinski definition) is 3. The zero-order valence-electron chi connectivity index (χ0n) is 14.7. The fourth-order valence-electron chi connectivity index (χ4n) is 3.24. The summed E-state index contributed by atoms with van der Waals surface area (Å²) >= 11 is 0. The van der Waals surface area contributed by atoms with Gasteiger partial charge in [-0.15, -0.1) is 0 Å². The van der Waals surface area contributed by atoms with Crippen LogP contribution in [-0.4, -0.2) is 41.4 Å². The van der Waals surface area contributed by atoms with E-state index in [0.29, 0.717) is 29.8 Å². The van der Waals surface area contributed by atoms with E-state index in [4.69, 9.17) is 0 Å². The van der Waals surface area contributed by atoms with Crippen LogP contribution in [0.3, 0.4) is 0 Å². The van der Waals surface area contributed by atoms with Crippen LogP contribution in [0.5, 0.6) is 0 Å². The zero-order valence-corrected chi connectivity index (χ0v) is 14.7. The predicted octanol–water partition coefficient (Wildman–Crippen LogP) is 2.99. The number of hydrogen-bond donors (Lipinski definition) is 1. The molecule has 1 N–H and O–H groups in total. The second-order valence-electron chi connectivity index (χ2n) is 6.76. The highest BCUT2D eigenvalue weighted by Crippen LogP contribution is 2.22. The van der Waals surface area contributed by atoms with Crippen LogP contribution in [0.4, 0.5) is 0 Å². The predicted molar refractivity (Wildman–Crippen MR) is 96.9 cm³/mol. The van der Waals surface area contributed by atoms with Crippen molar-refractivity contribution in [3.05, 3.63) is 70.3 Å². The third-order valence-electron chi connectivity index (χ3n) is 5.00. The summed E-state index contributed by atoms with van der Waals surface area (Å²) in [5.41, 5.74) is 3.65. The van der Waals surface area contributed by atoms with E-state index in [9.17, 15) is 14.7 Å². The summed E-state index contributed by atoms with van der Waals surface area (Å²) < 4.78 is 0. The van der Waals surface area contributed by atoms with Crippen molar-refractivity contribution in [2.75, 3.05) is 19.7 Å². The molecular weight excluding hydrogens is 314 g/mol. The molecule has 2 aromatic rings. The van der Waals surface area contributed by atoms with Gasteiger partial charge < -0.3 is 10.0 Å². The molecule has 3 rings (SSSR count). The van der Waals surface area contributed by atoms with Crippen LogP contribution in [0.2, 0.25) is 0 Å². The molecule has 25 heavy (non-hydrogen) atoms. The molecule has 1 saturated heterocycles. The SMILES string of the molecule is Cc1ccc(C(=O)c2ccccc2C(=O)N2CCC(CO)C2)cc1C. The van der Waals surface area contributed by atoms with E-state index in [0.717, 1.165) is 17.5 Å². The molecule has 1 fully saturated rings. The Bertz CT molecular complexity index is 813. The highest BCUT2D eigenvalue weighted by molar-refractivity contribution is 6.15. The first-order valence-electron chi connectivity index (χ1n) is 8.62. The average molecular weight is 337 g/mol. The summed E-state index contributed by atoms with van der Waals surface area (Å²) in [5.74, 6) is -0.139. The first kappa shape index (κ1) is 17.4. The smallest absolute Gasteiger partial charge is 0.254 e. The molecule has 2 aromatic carbocycles. The number of amides is 1. The van der Waals surface area contributed by atoms with E-state index >= 15 is 0 Å². The minimum absolute atomic E-state index is 0.0903. The second-order valence-corrected chi connectivity index (χ2v) is 6.76. The van der Waals surface area contributed by atoms with Crippen molar-refractivity contribution < 1.29 is 14.7 Å². The van der Waals surface area contributed by atoms with Gasteiger partial charge in [0.1, 0.15) is 0 Å². The van der Waals surface area contributed by atoms with Gasteiger partial charge in [-0.1, -0.05) is 30.3 Å². The summed E-state index contributed by atoms with van der Waals surface area (Å²) in [6.07, 6.45) is 0.801. The molecule has 0 aromatic heterocycles. The first-order chi connectivity index (χ1) is 12.0. The number of nitrogens with zero attached hydrogens (tertiary/aromatic N) is 1. The van der Waals surface area contributed by atoms with Crippen molar-refractivity contribution in [1.29, 1.82) is 0 Å². The van der Waals surface area contributed by atoms with E-state index in [1.807, 2.05) is 32.0 Å². The fraction of sp³-hybridized carbons (Fsp3) is 0.333. The number of aliphatic hydroxyl groups is 1. The molecule has 1 unspecified atom stereocenters. The van der Waals surface area contributed by atoms with E-state index < -0.39 is 0 Å². The van der Waals surface area contributed by atoms with E-state index in [-0.39, 0.29) is 24.2 Å².